The van der Waals surface area contributed by atoms with Gasteiger partial charge in [-0.05, 0) is 57.8 Å². The van der Waals surface area contributed by atoms with Crippen LogP contribution in [0.5, 0.6) is 0 Å². The minimum Gasteiger partial charge on any atom is -0.466 e. The molecule has 0 saturated carbocycles. The Morgan fingerprint density at radius 3 is 1.28 bits per heavy atom. The lowest BCUT2D eigenvalue weighted by molar-refractivity contribution is -0.143. The van der Waals surface area contributed by atoms with Crippen molar-refractivity contribution in [3.05, 3.63) is 24.3 Å². The standard InChI is InChI=1S/C55H105NO5/c1-3-5-7-9-11-13-15-17-19-20-21-22-24-26-28-33-37-41-45-49-55(60)61-50-46-42-38-34-30-29-32-36-40-44-48-54(59)56-52(51-57)53(58)47-43-39-35-31-27-25-23-18-16-14-12-10-8-6-4-2/h11,13,17,19,52-53,57-58H,3-10,12,14-16,18,20-51H2,1-2H3,(H,56,59)/b13-11-,19-17-. The molecular weight excluding hydrogens is 755 g/mol. The summed E-state index contributed by atoms with van der Waals surface area (Å²) < 4.78 is 5.47. The van der Waals surface area contributed by atoms with E-state index in [9.17, 15) is 19.8 Å². The predicted molar refractivity (Wildman–Crippen MR) is 264 cm³/mol. The van der Waals surface area contributed by atoms with E-state index >= 15 is 0 Å². The number of carbonyl (C=O) groups is 2. The van der Waals surface area contributed by atoms with Crippen LogP contribution < -0.4 is 5.32 Å². The Kier molecular flexibility index (Phi) is 49.6. The third kappa shape index (κ3) is 47.7. The lowest BCUT2D eigenvalue weighted by Crippen LogP contribution is -2.45. The Balaban J connectivity index is 3.46. The van der Waals surface area contributed by atoms with Crippen molar-refractivity contribution in [3.63, 3.8) is 0 Å². The normalized spacial score (nSPS) is 12.8. The average molecular weight is 860 g/mol. The summed E-state index contributed by atoms with van der Waals surface area (Å²) in [5.41, 5.74) is 0. The van der Waals surface area contributed by atoms with Crippen LogP contribution in [-0.4, -0.2) is 47.4 Å². The highest BCUT2D eigenvalue weighted by atomic mass is 16.5. The molecular formula is C55H105NO5. The monoisotopic (exact) mass is 860 g/mol. The zero-order valence-corrected chi connectivity index (χ0v) is 40.9. The van der Waals surface area contributed by atoms with E-state index in [1.165, 1.54) is 193 Å². The fraction of sp³-hybridized carbons (Fsp3) is 0.891. The van der Waals surface area contributed by atoms with Crippen molar-refractivity contribution in [2.75, 3.05) is 13.2 Å². The zero-order chi connectivity index (χ0) is 44.4. The van der Waals surface area contributed by atoms with Gasteiger partial charge < -0.3 is 20.3 Å². The quantitative estimate of drug-likeness (QED) is 0.0322. The van der Waals surface area contributed by atoms with E-state index in [0.717, 1.165) is 64.2 Å². The van der Waals surface area contributed by atoms with Gasteiger partial charge in [0.15, 0.2) is 0 Å². The summed E-state index contributed by atoms with van der Waals surface area (Å²) in [6, 6.07) is -0.558. The van der Waals surface area contributed by atoms with Gasteiger partial charge >= 0.3 is 5.97 Å². The van der Waals surface area contributed by atoms with Crippen molar-refractivity contribution in [1.82, 2.24) is 5.32 Å². The molecule has 0 rings (SSSR count). The molecule has 0 aromatic carbocycles. The minimum absolute atomic E-state index is 0.0223. The maximum absolute atomic E-state index is 12.5. The molecule has 3 N–H and O–H groups in total. The van der Waals surface area contributed by atoms with Crippen molar-refractivity contribution < 1.29 is 24.5 Å². The summed E-state index contributed by atoms with van der Waals surface area (Å²) >= 11 is 0. The van der Waals surface area contributed by atoms with E-state index in [1.807, 2.05) is 0 Å². The van der Waals surface area contributed by atoms with E-state index in [2.05, 4.69) is 43.5 Å². The van der Waals surface area contributed by atoms with E-state index in [4.69, 9.17) is 4.74 Å². The van der Waals surface area contributed by atoms with Gasteiger partial charge in [-0.3, -0.25) is 9.59 Å². The molecule has 0 heterocycles. The SMILES string of the molecule is CCCCC/C=C\C/C=C\CCCCCCCCCCCC(=O)OCCCCCCCCCCCCC(=O)NC(CO)C(O)CCCCCCCCCCCCCCCCC. The van der Waals surface area contributed by atoms with Crippen molar-refractivity contribution in [2.45, 2.75) is 302 Å². The molecule has 0 aromatic rings. The summed E-state index contributed by atoms with van der Waals surface area (Å²) in [5.74, 6) is -0.0793. The molecule has 2 atom stereocenters. The number of hydrogen-bond acceptors (Lipinski definition) is 5. The second-order valence-corrected chi connectivity index (χ2v) is 18.6. The first-order valence-corrected chi connectivity index (χ1v) is 27.1. The highest BCUT2D eigenvalue weighted by molar-refractivity contribution is 5.76. The first kappa shape index (κ1) is 59.3. The number of carbonyl (C=O) groups excluding carboxylic acids is 2. The molecule has 0 aliphatic carbocycles. The summed E-state index contributed by atoms with van der Waals surface area (Å²) in [5, 5.41) is 23.2. The van der Waals surface area contributed by atoms with E-state index < -0.39 is 12.1 Å². The van der Waals surface area contributed by atoms with Gasteiger partial charge in [0, 0.05) is 12.8 Å². The molecule has 360 valence electrons. The third-order valence-electron chi connectivity index (χ3n) is 12.5. The molecule has 0 aliphatic heterocycles. The van der Waals surface area contributed by atoms with E-state index in [1.54, 1.807) is 0 Å². The zero-order valence-electron chi connectivity index (χ0n) is 40.9. The lowest BCUT2D eigenvalue weighted by atomic mass is 10.0. The molecule has 2 unspecified atom stereocenters. The van der Waals surface area contributed by atoms with Crippen LogP contribution in [0.25, 0.3) is 0 Å². The van der Waals surface area contributed by atoms with Gasteiger partial charge in [0.05, 0.1) is 25.4 Å². The maximum atomic E-state index is 12.5. The van der Waals surface area contributed by atoms with Crippen molar-refractivity contribution in [3.8, 4) is 0 Å². The van der Waals surface area contributed by atoms with Gasteiger partial charge in [0.25, 0.3) is 0 Å². The Labute approximate surface area is 380 Å². The van der Waals surface area contributed by atoms with Crippen LogP contribution in [0.3, 0.4) is 0 Å². The fourth-order valence-corrected chi connectivity index (χ4v) is 8.32. The molecule has 6 heteroatoms. The number of ether oxygens (including phenoxy) is 1. The number of allylic oxidation sites excluding steroid dienone is 4. The molecule has 0 fully saturated rings. The second-order valence-electron chi connectivity index (χ2n) is 18.6. The lowest BCUT2D eigenvalue weighted by Gasteiger charge is -2.22. The van der Waals surface area contributed by atoms with E-state index in [0.29, 0.717) is 25.9 Å². The predicted octanol–water partition coefficient (Wildman–Crippen LogP) is 16.3. The summed E-state index contributed by atoms with van der Waals surface area (Å²) in [6.07, 6.45) is 60.0. The van der Waals surface area contributed by atoms with Gasteiger partial charge in [0.1, 0.15) is 0 Å². The number of amides is 1. The summed E-state index contributed by atoms with van der Waals surface area (Å²) in [4.78, 5) is 24.5. The van der Waals surface area contributed by atoms with Crippen LogP contribution in [-0.2, 0) is 14.3 Å². The van der Waals surface area contributed by atoms with Crippen LogP contribution in [0.1, 0.15) is 290 Å². The van der Waals surface area contributed by atoms with Crippen LogP contribution in [0, 0.1) is 0 Å². The number of hydrogen-bond donors (Lipinski definition) is 3. The Morgan fingerprint density at radius 1 is 0.459 bits per heavy atom. The Morgan fingerprint density at radius 2 is 0.820 bits per heavy atom. The number of rotatable bonds is 50. The van der Waals surface area contributed by atoms with Crippen LogP contribution in [0.4, 0.5) is 0 Å². The van der Waals surface area contributed by atoms with Gasteiger partial charge in [-0.1, -0.05) is 244 Å². The highest BCUT2D eigenvalue weighted by Crippen LogP contribution is 2.17. The molecule has 61 heavy (non-hydrogen) atoms. The molecule has 0 aliphatic rings. The third-order valence-corrected chi connectivity index (χ3v) is 12.5. The summed E-state index contributed by atoms with van der Waals surface area (Å²) in [7, 11) is 0. The number of esters is 1. The van der Waals surface area contributed by atoms with Gasteiger partial charge in [0.2, 0.25) is 5.91 Å². The smallest absolute Gasteiger partial charge is 0.305 e. The molecule has 1 amide bonds. The molecule has 0 radical (unpaired) electrons. The highest BCUT2D eigenvalue weighted by Gasteiger charge is 2.20. The summed E-state index contributed by atoms with van der Waals surface area (Å²) in [6.45, 7) is 4.88. The van der Waals surface area contributed by atoms with Gasteiger partial charge in [-0.2, -0.15) is 0 Å². The molecule has 0 aromatic heterocycles. The fourth-order valence-electron chi connectivity index (χ4n) is 8.32. The van der Waals surface area contributed by atoms with Gasteiger partial charge in [-0.25, -0.2) is 0 Å². The van der Waals surface area contributed by atoms with Gasteiger partial charge in [-0.15, -0.1) is 0 Å². The second kappa shape index (κ2) is 51.0. The maximum Gasteiger partial charge on any atom is 0.305 e. The minimum atomic E-state index is -0.679. The Hall–Kier alpha value is -1.66. The van der Waals surface area contributed by atoms with Crippen molar-refractivity contribution >= 4 is 11.9 Å². The van der Waals surface area contributed by atoms with Crippen molar-refractivity contribution in [1.29, 1.82) is 0 Å². The van der Waals surface area contributed by atoms with Crippen LogP contribution in [0.15, 0.2) is 24.3 Å². The number of aliphatic hydroxyl groups excluding tert-OH is 2. The first-order valence-electron chi connectivity index (χ1n) is 27.1. The first-order chi connectivity index (χ1) is 30.0. The Bertz CT molecular complexity index is 951. The number of nitrogens with one attached hydrogen (secondary N) is 1. The van der Waals surface area contributed by atoms with Crippen molar-refractivity contribution in [2.24, 2.45) is 0 Å². The largest absolute Gasteiger partial charge is 0.466 e. The van der Waals surface area contributed by atoms with Crippen LogP contribution in [0.2, 0.25) is 0 Å². The number of aliphatic hydroxyl groups is 2. The van der Waals surface area contributed by atoms with Crippen LogP contribution >= 0.6 is 0 Å². The number of unbranched alkanes of at least 4 members (excludes halogenated alkanes) is 35. The molecule has 0 bridgehead atoms. The van der Waals surface area contributed by atoms with E-state index in [-0.39, 0.29) is 18.5 Å². The molecule has 6 nitrogen and oxygen atoms in total. The average Bonchev–Trinajstić information content (AvgIpc) is 3.26. The molecule has 0 spiro atoms. The molecule has 0 saturated heterocycles. The topological polar surface area (TPSA) is 95.9 Å².